The molecule has 1 aliphatic carbocycles. The summed E-state index contributed by atoms with van der Waals surface area (Å²) in [6.07, 6.45) is 3.08. The molecule has 1 aromatic carbocycles. The number of benzene rings is 1. The molecule has 0 bridgehead atoms. The molecule has 3 nitrogen and oxygen atoms in total. The predicted molar refractivity (Wildman–Crippen MR) is 83.4 cm³/mol. The fraction of sp³-hybridized carbons (Fsp3) is 0.312. The van der Waals surface area contributed by atoms with Crippen LogP contribution in [-0.2, 0) is 6.42 Å². The molecule has 0 saturated heterocycles. The molecule has 0 saturated carbocycles. The van der Waals surface area contributed by atoms with Gasteiger partial charge in [-0.15, -0.1) is 11.3 Å². The second-order valence-corrected chi connectivity index (χ2v) is 6.13. The molecule has 1 atom stereocenters. The van der Waals surface area contributed by atoms with Crippen molar-refractivity contribution < 1.29 is 9.18 Å². The number of fused-ring (bicyclic) bond motifs is 1. The first-order valence-corrected chi connectivity index (χ1v) is 7.92. The molecule has 0 spiro atoms. The largest absolute Gasteiger partial charge is 0.385 e. The number of carbonyl (C=O) groups excluding carboxylic acids is 1. The van der Waals surface area contributed by atoms with Gasteiger partial charge in [0.2, 0.25) is 0 Å². The van der Waals surface area contributed by atoms with Gasteiger partial charge in [0, 0.05) is 11.9 Å². The molecule has 0 fully saturated rings. The zero-order chi connectivity index (χ0) is 14.8. The van der Waals surface area contributed by atoms with Crippen molar-refractivity contribution in [3.05, 3.63) is 51.5 Å². The smallest absolute Gasteiger partial charge is 0.253 e. The molecule has 1 aliphatic rings. The average Bonchev–Trinajstić information content (AvgIpc) is 2.96. The highest BCUT2D eigenvalue weighted by atomic mass is 32.1. The van der Waals surface area contributed by atoms with Gasteiger partial charge in [-0.25, -0.2) is 4.39 Å². The first-order valence-electron chi connectivity index (χ1n) is 7.04. The second-order valence-electron chi connectivity index (χ2n) is 5.13. The highest BCUT2D eigenvalue weighted by Gasteiger charge is 2.24. The zero-order valence-corrected chi connectivity index (χ0v) is 12.6. The van der Waals surface area contributed by atoms with Gasteiger partial charge in [-0.2, -0.15) is 0 Å². The number of halogens is 1. The summed E-state index contributed by atoms with van der Waals surface area (Å²) in [6, 6.07) is 6.65. The molecule has 0 aliphatic heterocycles. The van der Waals surface area contributed by atoms with Crippen LogP contribution in [-0.4, -0.2) is 13.0 Å². The van der Waals surface area contributed by atoms with Gasteiger partial charge < -0.3 is 10.6 Å². The van der Waals surface area contributed by atoms with Gasteiger partial charge in [0.05, 0.1) is 17.3 Å². The highest BCUT2D eigenvalue weighted by molar-refractivity contribution is 7.10. The molecule has 110 valence electrons. The Morgan fingerprint density at radius 2 is 2.24 bits per heavy atom. The van der Waals surface area contributed by atoms with E-state index >= 15 is 0 Å². The number of anilines is 1. The molecule has 2 aromatic rings. The minimum Gasteiger partial charge on any atom is -0.385 e. The van der Waals surface area contributed by atoms with Crippen LogP contribution in [0.15, 0.2) is 29.6 Å². The van der Waals surface area contributed by atoms with Crippen LogP contribution in [0, 0.1) is 5.82 Å². The lowest BCUT2D eigenvalue weighted by Gasteiger charge is -2.24. The Hall–Kier alpha value is -1.88. The third-order valence-electron chi connectivity index (χ3n) is 3.87. The molecule has 1 unspecified atom stereocenters. The number of hydrogen-bond acceptors (Lipinski definition) is 3. The van der Waals surface area contributed by atoms with Crippen molar-refractivity contribution >= 4 is 22.9 Å². The lowest BCUT2D eigenvalue weighted by atomic mass is 9.93. The van der Waals surface area contributed by atoms with E-state index in [9.17, 15) is 9.18 Å². The van der Waals surface area contributed by atoms with Crippen molar-refractivity contribution in [1.29, 1.82) is 0 Å². The van der Waals surface area contributed by atoms with E-state index in [4.69, 9.17) is 0 Å². The molecule has 2 N–H and O–H groups in total. The Morgan fingerprint density at radius 1 is 1.38 bits per heavy atom. The van der Waals surface area contributed by atoms with Crippen LogP contribution in [0.5, 0.6) is 0 Å². The topological polar surface area (TPSA) is 41.1 Å². The zero-order valence-electron chi connectivity index (χ0n) is 11.8. The number of hydrogen-bond donors (Lipinski definition) is 2. The minimum atomic E-state index is -0.412. The van der Waals surface area contributed by atoms with Crippen LogP contribution < -0.4 is 10.6 Å². The Balaban J connectivity index is 1.84. The summed E-state index contributed by atoms with van der Waals surface area (Å²) in [5, 5.41) is 7.87. The number of aryl methyl sites for hydroxylation is 1. The molecule has 5 heteroatoms. The van der Waals surface area contributed by atoms with Gasteiger partial charge in [-0.05, 0) is 48.4 Å². The third-order valence-corrected chi connectivity index (χ3v) is 4.86. The normalized spacial score (nSPS) is 17.1. The van der Waals surface area contributed by atoms with Crippen molar-refractivity contribution in [2.24, 2.45) is 0 Å². The van der Waals surface area contributed by atoms with Crippen molar-refractivity contribution in [3.63, 3.8) is 0 Å². The van der Waals surface area contributed by atoms with Crippen LogP contribution in [0.2, 0.25) is 0 Å². The van der Waals surface area contributed by atoms with Crippen LogP contribution in [0.1, 0.15) is 39.7 Å². The van der Waals surface area contributed by atoms with Gasteiger partial charge in [-0.3, -0.25) is 4.79 Å². The number of amides is 1. The first-order chi connectivity index (χ1) is 10.2. The summed E-state index contributed by atoms with van der Waals surface area (Å²) in [7, 11) is 1.62. The SMILES string of the molecule is CNc1c(F)cccc1C(=O)NC1CCCc2sccc21. The standard InChI is InChI=1S/C16H17FN2OS/c1-18-15-11(4-2-5-12(15)17)16(20)19-13-6-3-7-14-10(13)8-9-21-14/h2,4-5,8-9,13,18H,3,6-7H2,1H3,(H,19,20). The van der Waals surface area contributed by atoms with Crippen molar-refractivity contribution in [2.45, 2.75) is 25.3 Å². The fourth-order valence-corrected chi connectivity index (χ4v) is 3.83. The highest BCUT2D eigenvalue weighted by Crippen LogP contribution is 2.33. The summed E-state index contributed by atoms with van der Waals surface area (Å²) in [5.41, 5.74) is 1.80. The Bertz CT molecular complexity index is 668. The van der Waals surface area contributed by atoms with E-state index in [0.717, 1.165) is 19.3 Å². The van der Waals surface area contributed by atoms with Gasteiger partial charge >= 0.3 is 0 Å². The lowest BCUT2D eigenvalue weighted by molar-refractivity contribution is 0.0933. The van der Waals surface area contributed by atoms with Gasteiger partial charge in [0.15, 0.2) is 0 Å². The Morgan fingerprint density at radius 3 is 3.05 bits per heavy atom. The van der Waals surface area contributed by atoms with E-state index in [1.54, 1.807) is 30.5 Å². The molecule has 1 aromatic heterocycles. The summed E-state index contributed by atoms with van der Waals surface area (Å²) >= 11 is 1.74. The molecule has 0 radical (unpaired) electrons. The Kier molecular flexibility index (Phi) is 3.92. The molecule has 1 heterocycles. The molecule has 1 amide bonds. The maximum atomic E-state index is 13.7. The number of para-hydroxylation sites is 1. The average molecular weight is 304 g/mol. The fourth-order valence-electron chi connectivity index (χ4n) is 2.84. The summed E-state index contributed by atoms with van der Waals surface area (Å²) < 4.78 is 13.7. The van der Waals surface area contributed by atoms with Crippen LogP contribution in [0.4, 0.5) is 10.1 Å². The lowest BCUT2D eigenvalue weighted by Crippen LogP contribution is -2.31. The predicted octanol–water partition coefficient (Wildman–Crippen LogP) is 3.74. The maximum Gasteiger partial charge on any atom is 0.253 e. The molecule has 21 heavy (non-hydrogen) atoms. The van der Waals surface area contributed by atoms with E-state index in [1.165, 1.54) is 16.5 Å². The van der Waals surface area contributed by atoms with Gasteiger partial charge in [0.25, 0.3) is 5.91 Å². The molecule has 3 rings (SSSR count). The summed E-state index contributed by atoms with van der Waals surface area (Å²) in [5.74, 6) is -0.645. The van der Waals surface area contributed by atoms with E-state index in [1.807, 2.05) is 0 Å². The summed E-state index contributed by atoms with van der Waals surface area (Å²) in [6.45, 7) is 0. The third kappa shape index (κ3) is 2.65. The van der Waals surface area contributed by atoms with Crippen molar-refractivity contribution in [3.8, 4) is 0 Å². The van der Waals surface area contributed by atoms with Crippen molar-refractivity contribution in [1.82, 2.24) is 5.32 Å². The first kappa shape index (κ1) is 14.1. The Labute approximate surface area is 127 Å². The number of rotatable bonds is 3. The summed E-state index contributed by atoms with van der Waals surface area (Å²) in [4.78, 5) is 13.8. The number of nitrogens with one attached hydrogen (secondary N) is 2. The maximum absolute atomic E-state index is 13.7. The molecular formula is C16H17FN2OS. The van der Waals surface area contributed by atoms with Gasteiger partial charge in [0.1, 0.15) is 5.82 Å². The monoisotopic (exact) mass is 304 g/mol. The van der Waals surface area contributed by atoms with E-state index < -0.39 is 5.82 Å². The van der Waals surface area contributed by atoms with Crippen LogP contribution in [0.25, 0.3) is 0 Å². The van der Waals surface area contributed by atoms with E-state index in [0.29, 0.717) is 5.56 Å². The van der Waals surface area contributed by atoms with E-state index in [2.05, 4.69) is 22.1 Å². The van der Waals surface area contributed by atoms with E-state index in [-0.39, 0.29) is 17.6 Å². The number of carbonyl (C=O) groups is 1. The van der Waals surface area contributed by atoms with Crippen molar-refractivity contribution in [2.75, 3.05) is 12.4 Å². The van der Waals surface area contributed by atoms with Crippen LogP contribution >= 0.6 is 11.3 Å². The quantitative estimate of drug-likeness (QED) is 0.907. The van der Waals surface area contributed by atoms with Crippen LogP contribution in [0.3, 0.4) is 0 Å². The number of thiophene rings is 1. The minimum absolute atomic E-state index is 0.0282. The van der Waals surface area contributed by atoms with Gasteiger partial charge in [-0.1, -0.05) is 6.07 Å². The molecular weight excluding hydrogens is 287 g/mol. The second kappa shape index (κ2) is 5.85.